The first kappa shape index (κ1) is 38.4. The second kappa shape index (κ2) is 18.7. The zero-order valence-corrected chi connectivity index (χ0v) is 33.6. The van der Waals surface area contributed by atoms with Gasteiger partial charge in [0.05, 0.1) is 0 Å². The van der Waals surface area contributed by atoms with Crippen LogP contribution in [0.15, 0.2) is 228 Å². The second-order valence-corrected chi connectivity index (χ2v) is 18.1. The normalized spacial score (nSPS) is 12.7. The maximum Gasteiger partial charge on any atom is 0.132 e. The van der Waals surface area contributed by atoms with Crippen LogP contribution in [0, 0.1) is 0 Å². The molecule has 8 aromatic carbocycles. The molecule has 8 rings (SSSR count). The van der Waals surface area contributed by atoms with Crippen LogP contribution < -0.4 is 31.8 Å². The molecule has 0 radical (unpaired) electrons. The van der Waals surface area contributed by atoms with Gasteiger partial charge in [0.2, 0.25) is 0 Å². The van der Waals surface area contributed by atoms with E-state index in [4.69, 9.17) is 9.98 Å². The molecule has 0 amide bonds. The number of phenols is 2. The van der Waals surface area contributed by atoms with Gasteiger partial charge in [0.15, 0.2) is 0 Å². The van der Waals surface area contributed by atoms with Crippen LogP contribution in [0.5, 0.6) is 11.5 Å². The Morgan fingerprint density at radius 2 is 0.603 bits per heavy atom. The van der Waals surface area contributed by atoms with E-state index in [0.29, 0.717) is 11.1 Å². The zero-order valence-electron chi connectivity index (χ0n) is 31.8. The Hall–Kier alpha value is -6.44. The Kier molecular flexibility index (Phi) is 12.4. The quantitative estimate of drug-likeness (QED) is 0.0904. The molecule has 0 spiro atoms. The minimum atomic E-state index is -1.03. The molecule has 0 fully saturated rings. The average molecular weight is 789 g/mol. The van der Waals surface area contributed by atoms with E-state index in [0.717, 1.165) is 43.0 Å². The lowest BCUT2D eigenvalue weighted by Crippen LogP contribution is -2.21. The van der Waals surface area contributed by atoms with Crippen LogP contribution in [0.25, 0.3) is 0 Å². The van der Waals surface area contributed by atoms with Crippen molar-refractivity contribution in [1.82, 2.24) is 0 Å². The Bertz CT molecular complexity index is 2330. The molecule has 4 nitrogen and oxygen atoms in total. The highest BCUT2D eigenvalue weighted by Gasteiger charge is 2.26. The molecule has 0 heterocycles. The number of hydrogen-bond acceptors (Lipinski definition) is 4. The van der Waals surface area contributed by atoms with Crippen LogP contribution in [-0.2, 0) is 0 Å². The van der Waals surface area contributed by atoms with E-state index in [2.05, 4.69) is 72.8 Å². The maximum atomic E-state index is 12.0. The number of aromatic hydroxyl groups is 2. The Labute approximate surface area is 343 Å². The summed E-state index contributed by atoms with van der Waals surface area (Å²) in [5, 5.41) is 30.4. The molecule has 0 bridgehead atoms. The average Bonchev–Trinajstić information content (AvgIpc) is 3.29. The summed E-state index contributed by atoms with van der Waals surface area (Å²) in [7, 11) is -2.06. The number of benzene rings is 8. The summed E-state index contributed by atoms with van der Waals surface area (Å²) >= 11 is 0. The number of rotatable bonds is 13. The van der Waals surface area contributed by atoms with E-state index in [1.165, 1.54) is 0 Å². The highest BCUT2D eigenvalue weighted by atomic mass is 31.1. The molecule has 6 heteroatoms. The van der Waals surface area contributed by atoms with Gasteiger partial charge in [-0.25, -0.2) is 0 Å². The van der Waals surface area contributed by atoms with Crippen molar-refractivity contribution in [3.05, 3.63) is 241 Å². The van der Waals surface area contributed by atoms with E-state index in [1.54, 1.807) is 12.4 Å². The van der Waals surface area contributed by atoms with Gasteiger partial charge in [0, 0.05) is 34.2 Å². The first-order chi connectivity index (χ1) is 28.7. The van der Waals surface area contributed by atoms with Crippen LogP contribution in [0.3, 0.4) is 0 Å². The van der Waals surface area contributed by atoms with E-state index in [-0.39, 0.29) is 11.5 Å². The van der Waals surface area contributed by atoms with Crippen molar-refractivity contribution in [1.29, 1.82) is 0 Å². The Morgan fingerprint density at radius 1 is 0.328 bits per heavy atom. The van der Waals surface area contributed by atoms with Gasteiger partial charge in [-0.1, -0.05) is 206 Å². The monoisotopic (exact) mass is 788 g/mol. The van der Waals surface area contributed by atoms with E-state index >= 15 is 0 Å². The molecule has 0 unspecified atom stereocenters. The summed E-state index contributed by atoms with van der Waals surface area (Å²) < 4.78 is 0. The predicted octanol–water partition coefficient (Wildman–Crippen LogP) is 9.63. The highest BCUT2D eigenvalue weighted by Crippen LogP contribution is 2.40. The molecule has 282 valence electrons. The lowest BCUT2D eigenvalue weighted by atomic mass is 9.94. The van der Waals surface area contributed by atoms with Gasteiger partial charge in [0.1, 0.15) is 23.6 Å². The number of phenolic OH excluding ortho intramolecular Hbond substituents is 2. The van der Waals surface area contributed by atoms with Gasteiger partial charge < -0.3 is 10.2 Å². The topological polar surface area (TPSA) is 65.2 Å². The van der Waals surface area contributed by atoms with Crippen molar-refractivity contribution in [2.75, 3.05) is 0 Å². The van der Waals surface area contributed by atoms with Crippen LogP contribution in [0.4, 0.5) is 0 Å². The van der Waals surface area contributed by atoms with Gasteiger partial charge in [-0.2, -0.15) is 0 Å². The molecular weight excluding hydrogens is 747 g/mol. The van der Waals surface area contributed by atoms with Crippen LogP contribution in [0.1, 0.15) is 34.3 Å². The largest absolute Gasteiger partial charge is 0.507 e. The molecular formula is C52H42N2O2P2. The third-order valence-corrected chi connectivity index (χ3v) is 14.9. The number of hydrogen-bond donors (Lipinski definition) is 2. The first-order valence-electron chi connectivity index (χ1n) is 19.3. The summed E-state index contributed by atoms with van der Waals surface area (Å²) in [6.45, 7) is 0. The van der Waals surface area contributed by atoms with Gasteiger partial charge in [-0.05, 0) is 60.3 Å². The molecule has 0 aromatic heterocycles. The van der Waals surface area contributed by atoms with Gasteiger partial charge in [-0.15, -0.1) is 0 Å². The number of para-hydroxylation sites is 2. The minimum absolute atomic E-state index is 0.215. The van der Waals surface area contributed by atoms with Crippen molar-refractivity contribution >= 4 is 60.1 Å². The lowest BCUT2D eigenvalue weighted by molar-refractivity contribution is 0.478. The molecule has 0 aliphatic carbocycles. The van der Waals surface area contributed by atoms with Crippen LogP contribution in [-0.4, -0.2) is 22.6 Å². The summed E-state index contributed by atoms with van der Waals surface area (Å²) in [6, 6.07) is 72.8. The molecule has 0 aliphatic rings. The third-order valence-electron chi connectivity index (χ3n) is 9.96. The van der Waals surface area contributed by atoms with Crippen molar-refractivity contribution in [2.45, 2.75) is 12.1 Å². The van der Waals surface area contributed by atoms with Crippen LogP contribution in [0.2, 0.25) is 0 Å². The summed E-state index contributed by atoms with van der Waals surface area (Å²) in [4.78, 5) is 10.5. The smallest absolute Gasteiger partial charge is 0.132 e. The molecule has 0 aliphatic heterocycles. The third kappa shape index (κ3) is 8.75. The fourth-order valence-corrected chi connectivity index (χ4v) is 11.9. The van der Waals surface area contributed by atoms with Gasteiger partial charge in [0.25, 0.3) is 0 Å². The Morgan fingerprint density at radius 3 is 0.897 bits per heavy atom. The second-order valence-electron chi connectivity index (χ2n) is 13.7. The zero-order chi connectivity index (χ0) is 39.5. The molecule has 0 saturated carbocycles. The summed E-state index contributed by atoms with van der Waals surface area (Å²) in [5.41, 5.74) is 3.22. The summed E-state index contributed by atoms with van der Waals surface area (Å²) in [5.74, 6) is 0.429. The fraction of sp³-hybridized carbons (Fsp3) is 0.0385. The SMILES string of the molecule is Oc1c(C=N[C@H](c2ccccc2)[C@H](N=Cc2cccc(P(c3ccccc3)c3ccccc3)c2O)c2ccccc2)cccc1P(c1ccccc1)c1ccccc1. The van der Waals surface area contributed by atoms with Crippen molar-refractivity contribution in [3.63, 3.8) is 0 Å². The maximum absolute atomic E-state index is 12.0. The molecule has 58 heavy (non-hydrogen) atoms. The van der Waals surface area contributed by atoms with E-state index in [9.17, 15) is 10.2 Å². The van der Waals surface area contributed by atoms with E-state index in [1.807, 2.05) is 146 Å². The van der Waals surface area contributed by atoms with Crippen molar-refractivity contribution < 1.29 is 10.2 Å². The highest BCUT2D eigenvalue weighted by molar-refractivity contribution is 7.80. The minimum Gasteiger partial charge on any atom is -0.507 e. The predicted molar refractivity (Wildman–Crippen MR) is 247 cm³/mol. The fourth-order valence-electron chi connectivity index (χ4n) is 7.15. The van der Waals surface area contributed by atoms with Gasteiger partial charge in [-0.3, -0.25) is 9.98 Å². The molecule has 0 saturated heterocycles. The van der Waals surface area contributed by atoms with Crippen molar-refractivity contribution in [2.24, 2.45) is 9.98 Å². The van der Waals surface area contributed by atoms with E-state index < -0.39 is 27.9 Å². The molecule has 8 aromatic rings. The van der Waals surface area contributed by atoms with Gasteiger partial charge >= 0.3 is 0 Å². The Balaban J connectivity index is 1.20. The lowest BCUT2D eigenvalue weighted by Gasteiger charge is -2.23. The van der Waals surface area contributed by atoms with Crippen LogP contribution >= 0.6 is 15.8 Å². The standard InChI is InChI=1S/C52H42N2O2P2/c55-51-41(25-19-35-47(51)57(43-27-11-3-12-28-43)44-29-13-4-14-30-44)37-53-49(39-21-7-1-8-22-39)50(40-23-9-2-10-24-40)54-38-42-26-20-36-48(52(42)56)58(45-31-15-5-16-32-45)46-33-17-6-18-34-46/h1-38,49-50,55-56H/t49-,50-/m1/s1. The first-order valence-corrected chi connectivity index (χ1v) is 21.9. The van der Waals surface area contributed by atoms with Crippen molar-refractivity contribution in [3.8, 4) is 11.5 Å². The number of aliphatic imine (C=N–C) groups is 2. The molecule has 2 atom stereocenters. The number of nitrogens with zero attached hydrogens (tertiary/aromatic N) is 2. The summed E-state index contributed by atoms with van der Waals surface area (Å²) in [6.07, 6.45) is 3.58. The molecule has 2 N–H and O–H groups in total.